The molecular weight excluding hydrogens is 402 g/mol. The van der Waals surface area contributed by atoms with Gasteiger partial charge in [0.25, 0.3) is 0 Å². The summed E-state index contributed by atoms with van der Waals surface area (Å²) in [6, 6.07) is 8.17. The molecule has 2 aromatic rings. The molecule has 0 aliphatic rings. The van der Waals surface area contributed by atoms with Crippen molar-refractivity contribution in [2.75, 3.05) is 5.75 Å². The van der Waals surface area contributed by atoms with Gasteiger partial charge in [0.05, 0.1) is 10.2 Å². The molecule has 3 nitrogen and oxygen atoms in total. The summed E-state index contributed by atoms with van der Waals surface area (Å²) in [7, 11) is 0. The van der Waals surface area contributed by atoms with E-state index in [1.807, 2.05) is 0 Å². The Bertz CT molecular complexity index is 821. The third-order valence-electron chi connectivity index (χ3n) is 2.94. The van der Waals surface area contributed by atoms with Gasteiger partial charge in [-0.25, -0.2) is 8.78 Å². The molecule has 7 heteroatoms. The highest BCUT2D eigenvalue weighted by atomic mass is 79.9. The van der Waals surface area contributed by atoms with E-state index in [4.69, 9.17) is 5.11 Å². The molecule has 0 saturated carbocycles. The Morgan fingerprint density at radius 2 is 1.88 bits per heavy atom. The second kappa shape index (κ2) is 8.21. The maximum absolute atomic E-state index is 13.9. The second-order valence-electron chi connectivity index (χ2n) is 4.70. The number of carboxylic acid groups (broad SMARTS) is 1. The highest BCUT2D eigenvalue weighted by Crippen LogP contribution is 2.23. The van der Waals surface area contributed by atoms with Crippen molar-refractivity contribution in [3.63, 3.8) is 0 Å². The van der Waals surface area contributed by atoms with Crippen molar-refractivity contribution < 1.29 is 23.5 Å². The first kappa shape index (κ1) is 18.4. The SMILES string of the molecule is O=C(O)CSc1ccc(C(=O)/C=C/c2ccc(F)c(Br)c2)cc1F. The lowest BCUT2D eigenvalue weighted by molar-refractivity contribution is -0.133. The fourth-order valence-corrected chi connectivity index (χ4v) is 2.83. The van der Waals surface area contributed by atoms with E-state index in [0.717, 1.165) is 17.8 Å². The summed E-state index contributed by atoms with van der Waals surface area (Å²) in [6.45, 7) is 0. The van der Waals surface area contributed by atoms with Crippen LogP contribution in [-0.2, 0) is 4.79 Å². The Morgan fingerprint density at radius 3 is 2.50 bits per heavy atom. The van der Waals surface area contributed by atoms with Gasteiger partial charge < -0.3 is 5.11 Å². The van der Waals surface area contributed by atoms with Gasteiger partial charge in [0.2, 0.25) is 0 Å². The number of hydrogen-bond donors (Lipinski definition) is 1. The standard InChI is InChI=1S/C17H11BrF2O3S/c18-12-7-10(1-4-13(12)19)2-5-15(21)11-3-6-16(14(20)8-11)24-9-17(22)23/h1-8H,9H2,(H,22,23)/b5-2+. The first-order valence-electron chi connectivity index (χ1n) is 6.68. The van der Waals surface area contributed by atoms with E-state index in [9.17, 15) is 18.4 Å². The zero-order valence-corrected chi connectivity index (χ0v) is 14.5. The van der Waals surface area contributed by atoms with Crippen LogP contribution < -0.4 is 0 Å². The minimum Gasteiger partial charge on any atom is -0.481 e. The van der Waals surface area contributed by atoms with Crippen LogP contribution in [0.2, 0.25) is 0 Å². The van der Waals surface area contributed by atoms with Gasteiger partial charge in [-0.15, -0.1) is 11.8 Å². The molecule has 2 rings (SSSR count). The van der Waals surface area contributed by atoms with Crippen molar-refractivity contribution >= 4 is 45.5 Å². The van der Waals surface area contributed by atoms with Gasteiger partial charge in [-0.3, -0.25) is 9.59 Å². The summed E-state index contributed by atoms with van der Waals surface area (Å²) in [5, 5.41) is 8.59. The molecule has 0 aliphatic heterocycles. The number of carbonyl (C=O) groups excluding carboxylic acids is 1. The van der Waals surface area contributed by atoms with E-state index < -0.39 is 23.4 Å². The van der Waals surface area contributed by atoms with Crippen LogP contribution in [0.15, 0.2) is 51.8 Å². The number of thioether (sulfide) groups is 1. The van der Waals surface area contributed by atoms with Crippen molar-refractivity contribution in [1.82, 2.24) is 0 Å². The summed E-state index contributed by atoms with van der Waals surface area (Å²) in [5.41, 5.74) is 0.760. The smallest absolute Gasteiger partial charge is 0.313 e. The minimum absolute atomic E-state index is 0.143. The van der Waals surface area contributed by atoms with Gasteiger partial charge in [0.15, 0.2) is 5.78 Å². The number of aliphatic carboxylic acids is 1. The van der Waals surface area contributed by atoms with Crippen molar-refractivity contribution in [2.24, 2.45) is 0 Å². The van der Waals surface area contributed by atoms with Crippen LogP contribution in [0, 0.1) is 11.6 Å². The second-order valence-corrected chi connectivity index (χ2v) is 6.57. The summed E-state index contributed by atoms with van der Waals surface area (Å²) >= 11 is 3.90. The van der Waals surface area contributed by atoms with Gasteiger partial charge in [-0.05, 0) is 57.9 Å². The van der Waals surface area contributed by atoms with Crippen LogP contribution in [0.1, 0.15) is 15.9 Å². The fourth-order valence-electron chi connectivity index (χ4n) is 1.79. The number of hydrogen-bond acceptors (Lipinski definition) is 3. The van der Waals surface area contributed by atoms with Crippen molar-refractivity contribution in [1.29, 1.82) is 0 Å². The van der Waals surface area contributed by atoms with Gasteiger partial charge >= 0.3 is 5.97 Å². The lowest BCUT2D eigenvalue weighted by Crippen LogP contribution is -2.00. The molecule has 0 amide bonds. The van der Waals surface area contributed by atoms with Gasteiger partial charge in [0.1, 0.15) is 11.6 Å². The molecule has 2 aromatic carbocycles. The third kappa shape index (κ3) is 5.01. The monoisotopic (exact) mass is 412 g/mol. The molecule has 0 atom stereocenters. The van der Waals surface area contributed by atoms with Crippen LogP contribution >= 0.6 is 27.7 Å². The number of carbonyl (C=O) groups is 2. The number of allylic oxidation sites excluding steroid dienone is 1. The zero-order valence-electron chi connectivity index (χ0n) is 12.1. The quantitative estimate of drug-likeness (QED) is 0.420. The minimum atomic E-state index is -1.05. The molecule has 0 aromatic heterocycles. The normalized spacial score (nSPS) is 11.0. The molecular formula is C17H11BrF2O3S. The predicted octanol–water partition coefficient (Wildman–Crippen LogP) is 4.80. The predicted molar refractivity (Wildman–Crippen MR) is 92.2 cm³/mol. The molecule has 0 unspecified atom stereocenters. The molecule has 0 aliphatic carbocycles. The largest absolute Gasteiger partial charge is 0.481 e. The first-order valence-corrected chi connectivity index (χ1v) is 8.46. The zero-order chi connectivity index (χ0) is 17.7. The van der Waals surface area contributed by atoms with E-state index >= 15 is 0 Å². The summed E-state index contributed by atoms with van der Waals surface area (Å²) in [4.78, 5) is 22.7. The Labute approximate surface area is 149 Å². The van der Waals surface area contributed by atoms with Gasteiger partial charge in [-0.1, -0.05) is 12.1 Å². The Kier molecular flexibility index (Phi) is 6.28. The fraction of sp³-hybridized carbons (Fsp3) is 0.0588. The maximum Gasteiger partial charge on any atom is 0.313 e. The molecule has 24 heavy (non-hydrogen) atoms. The van der Waals surface area contributed by atoms with Crippen molar-refractivity contribution in [3.05, 3.63) is 69.7 Å². The van der Waals surface area contributed by atoms with Crippen LogP contribution in [-0.4, -0.2) is 22.6 Å². The summed E-state index contributed by atoms with van der Waals surface area (Å²) in [6.07, 6.45) is 2.76. The molecule has 0 spiro atoms. The van der Waals surface area contributed by atoms with Crippen LogP contribution in [0.4, 0.5) is 8.78 Å². The summed E-state index contributed by atoms with van der Waals surface area (Å²) in [5.74, 6) is -2.78. The topological polar surface area (TPSA) is 54.4 Å². The van der Waals surface area contributed by atoms with E-state index in [-0.39, 0.29) is 20.7 Å². The van der Waals surface area contributed by atoms with E-state index in [2.05, 4.69) is 15.9 Å². The van der Waals surface area contributed by atoms with E-state index in [0.29, 0.717) is 5.56 Å². The highest BCUT2D eigenvalue weighted by Gasteiger charge is 2.10. The summed E-state index contributed by atoms with van der Waals surface area (Å²) < 4.78 is 27.3. The van der Waals surface area contributed by atoms with E-state index in [1.165, 1.54) is 42.5 Å². The average molecular weight is 413 g/mol. The Hall–Kier alpha value is -1.99. The lowest BCUT2D eigenvalue weighted by atomic mass is 10.1. The van der Waals surface area contributed by atoms with E-state index in [1.54, 1.807) is 0 Å². The molecule has 0 bridgehead atoms. The molecule has 0 radical (unpaired) electrons. The molecule has 124 valence electrons. The van der Waals surface area contributed by atoms with Crippen LogP contribution in [0.25, 0.3) is 6.08 Å². The average Bonchev–Trinajstić information content (AvgIpc) is 2.54. The Balaban J connectivity index is 2.11. The van der Waals surface area contributed by atoms with Crippen LogP contribution in [0.5, 0.6) is 0 Å². The highest BCUT2D eigenvalue weighted by molar-refractivity contribution is 9.10. The van der Waals surface area contributed by atoms with Gasteiger partial charge in [-0.2, -0.15) is 0 Å². The number of ketones is 1. The first-order chi connectivity index (χ1) is 11.4. The van der Waals surface area contributed by atoms with Gasteiger partial charge in [0, 0.05) is 10.5 Å². The number of carboxylic acids is 1. The van der Waals surface area contributed by atoms with Crippen LogP contribution in [0.3, 0.4) is 0 Å². The third-order valence-corrected chi connectivity index (χ3v) is 4.58. The Morgan fingerprint density at radius 1 is 1.12 bits per heavy atom. The molecule has 0 saturated heterocycles. The molecule has 0 heterocycles. The number of benzene rings is 2. The lowest BCUT2D eigenvalue weighted by Gasteiger charge is -2.03. The van der Waals surface area contributed by atoms with Crippen molar-refractivity contribution in [3.8, 4) is 0 Å². The molecule has 0 fully saturated rings. The number of rotatable bonds is 6. The maximum atomic E-state index is 13.9. The molecule has 1 N–H and O–H groups in total. The van der Waals surface area contributed by atoms with Crippen molar-refractivity contribution in [2.45, 2.75) is 4.90 Å². The number of halogens is 3.